The fourth-order valence-corrected chi connectivity index (χ4v) is 2.24. The Kier molecular flexibility index (Phi) is 4.91. The number of nitrogens with one attached hydrogen (secondary N) is 2. The van der Waals surface area contributed by atoms with Crippen molar-refractivity contribution in [3.05, 3.63) is 35.4 Å². The van der Waals surface area contributed by atoms with Crippen molar-refractivity contribution in [2.75, 3.05) is 12.4 Å². The zero-order valence-corrected chi connectivity index (χ0v) is 12.1. The number of carbonyl (C=O) groups is 1. The van der Waals surface area contributed by atoms with Crippen LogP contribution in [0.1, 0.15) is 11.1 Å². The van der Waals surface area contributed by atoms with Crippen molar-refractivity contribution < 1.29 is 22.7 Å². The van der Waals surface area contributed by atoms with Gasteiger partial charge in [-0.25, -0.2) is 9.89 Å². The first-order valence-electron chi connectivity index (χ1n) is 5.95. The number of aromatic nitrogens is 3. The molecule has 0 aliphatic rings. The number of benzene rings is 1. The summed E-state index contributed by atoms with van der Waals surface area (Å²) in [6.07, 6.45) is -5.08. The van der Waals surface area contributed by atoms with Crippen LogP contribution < -0.4 is 5.32 Å². The van der Waals surface area contributed by atoms with Crippen LogP contribution in [0.3, 0.4) is 0 Å². The number of alkyl halides is 3. The molecule has 10 heteroatoms. The molecule has 22 heavy (non-hydrogen) atoms. The first-order valence-corrected chi connectivity index (χ1v) is 6.93. The molecular weight excluding hydrogens is 321 g/mol. The molecule has 0 unspecified atom stereocenters. The SMILES string of the molecule is COC(=O)Nc1nc(SCc2cccc(C(F)(F)F)c2)n[nH]1. The molecule has 2 aromatic rings. The van der Waals surface area contributed by atoms with Crippen LogP contribution in [0.25, 0.3) is 0 Å². The van der Waals surface area contributed by atoms with Crippen molar-refractivity contribution in [2.45, 2.75) is 17.1 Å². The topological polar surface area (TPSA) is 79.9 Å². The maximum atomic E-state index is 12.6. The molecule has 0 aliphatic heterocycles. The number of anilines is 1. The lowest BCUT2D eigenvalue weighted by Crippen LogP contribution is -2.11. The fourth-order valence-electron chi connectivity index (χ4n) is 1.50. The minimum absolute atomic E-state index is 0.0957. The van der Waals surface area contributed by atoms with Crippen LogP contribution in [0.15, 0.2) is 29.4 Å². The Morgan fingerprint density at radius 2 is 2.23 bits per heavy atom. The average molecular weight is 332 g/mol. The Morgan fingerprint density at radius 3 is 2.91 bits per heavy atom. The number of nitrogens with zero attached hydrogens (tertiary/aromatic N) is 2. The van der Waals surface area contributed by atoms with Crippen LogP contribution in [0.4, 0.5) is 23.9 Å². The van der Waals surface area contributed by atoms with E-state index in [1.165, 1.54) is 13.2 Å². The van der Waals surface area contributed by atoms with Gasteiger partial charge >= 0.3 is 12.3 Å². The summed E-state index contributed by atoms with van der Waals surface area (Å²) in [5.74, 6) is 0.359. The molecule has 0 fully saturated rings. The summed E-state index contributed by atoms with van der Waals surface area (Å²) in [6.45, 7) is 0. The summed E-state index contributed by atoms with van der Waals surface area (Å²) in [5, 5.41) is 8.88. The standard InChI is InChI=1S/C12H11F3N4O2S/c1-21-11(20)17-9-16-10(19-18-9)22-6-7-3-2-4-8(5-7)12(13,14)15/h2-5H,6H2,1H3,(H2,16,17,18,19,20). The summed E-state index contributed by atoms with van der Waals surface area (Å²) >= 11 is 1.14. The molecule has 0 atom stereocenters. The number of hydrogen-bond acceptors (Lipinski definition) is 5. The maximum Gasteiger partial charge on any atom is 0.416 e. The van der Waals surface area contributed by atoms with Gasteiger partial charge < -0.3 is 4.74 Å². The minimum atomic E-state index is -4.37. The lowest BCUT2D eigenvalue weighted by molar-refractivity contribution is -0.137. The van der Waals surface area contributed by atoms with Crippen LogP contribution >= 0.6 is 11.8 Å². The number of thioether (sulfide) groups is 1. The molecule has 0 radical (unpaired) electrons. The smallest absolute Gasteiger partial charge is 0.416 e. The zero-order valence-electron chi connectivity index (χ0n) is 11.3. The van der Waals surface area contributed by atoms with Crippen molar-refractivity contribution in [1.82, 2.24) is 15.2 Å². The summed E-state index contributed by atoms with van der Waals surface area (Å²) in [7, 11) is 1.20. The van der Waals surface area contributed by atoms with E-state index in [4.69, 9.17) is 0 Å². The Morgan fingerprint density at radius 1 is 1.45 bits per heavy atom. The van der Waals surface area contributed by atoms with E-state index >= 15 is 0 Å². The predicted octanol–water partition coefficient (Wildman–Crippen LogP) is 3.29. The third-order valence-electron chi connectivity index (χ3n) is 2.49. The van der Waals surface area contributed by atoms with Crippen molar-refractivity contribution in [1.29, 1.82) is 0 Å². The van der Waals surface area contributed by atoms with Gasteiger partial charge in [-0.15, -0.1) is 5.10 Å². The number of halogens is 3. The Balaban J connectivity index is 1.97. The number of aromatic amines is 1. The largest absolute Gasteiger partial charge is 0.453 e. The molecule has 0 spiro atoms. The molecule has 0 saturated heterocycles. The minimum Gasteiger partial charge on any atom is -0.453 e. The van der Waals surface area contributed by atoms with Crippen LogP contribution in [-0.4, -0.2) is 28.4 Å². The number of hydrogen-bond donors (Lipinski definition) is 2. The summed E-state index contributed by atoms with van der Waals surface area (Å²) in [4.78, 5) is 14.9. The van der Waals surface area contributed by atoms with E-state index in [1.54, 1.807) is 6.07 Å². The molecular formula is C12H11F3N4O2S. The number of amides is 1. The molecule has 1 heterocycles. The van der Waals surface area contributed by atoms with Gasteiger partial charge in [-0.05, 0) is 11.6 Å². The van der Waals surface area contributed by atoms with Gasteiger partial charge in [0.1, 0.15) is 0 Å². The van der Waals surface area contributed by atoms with E-state index in [-0.39, 0.29) is 11.7 Å². The van der Waals surface area contributed by atoms with Gasteiger partial charge in [0.05, 0.1) is 12.7 Å². The highest BCUT2D eigenvalue weighted by molar-refractivity contribution is 7.98. The molecule has 1 aromatic carbocycles. The maximum absolute atomic E-state index is 12.6. The lowest BCUT2D eigenvalue weighted by atomic mass is 10.1. The number of rotatable bonds is 4. The third-order valence-corrected chi connectivity index (χ3v) is 3.41. The molecule has 1 amide bonds. The van der Waals surface area contributed by atoms with Crippen molar-refractivity contribution in [3.63, 3.8) is 0 Å². The van der Waals surface area contributed by atoms with Gasteiger partial charge in [-0.3, -0.25) is 5.32 Å². The number of carbonyl (C=O) groups excluding carboxylic acids is 1. The van der Waals surface area contributed by atoms with Crippen molar-refractivity contribution in [3.8, 4) is 0 Å². The van der Waals surface area contributed by atoms with E-state index in [0.29, 0.717) is 10.7 Å². The number of ether oxygens (including phenoxy) is 1. The highest BCUT2D eigenvalue weighted by atomic mass is 32.2. The molecule has 118 valence electrons. The normalized spacial score (nSPS) is 11.3. The van der Waals surface area contributed by atoms with Crippen molar-refractivity contribution >= 4 is 23.8 Å². The van der Waals surface area contributed by atoms with E-state index in [1.807, 2.05) is 0 Å². The molecule has 2 N–H and O–H groups in total. The van der Waals surface area contributed by atoms with Crippen LogP contribution in [0.2, 0.25) is 0 Å². The monoisotopic (exact) mass is 332 g/mol. The lowest BCUT2D eigenvalue weighted by Gasteiger charge is -2.07. The molecule has 0 aliphatic carbocycles. The number of H-pyrrole nitrogens is 1. The predicted molar refractivity (Wildman–Crippen MR) is 73.4 cm³/mol. The highest BCUT2D eigenvalue weighted by Gasteiger charge is 2.30. The summed E-state index contributed by atoms with van der Waals surface area (Å²) < 4.78 is 42.2. The quantitative estimate of drug-likeness (QED) is 0.840. The van der Waals surface area contributed by atoms with Crippen LogP contribution in [0, 0.1) is 0 Å². The molecule has 2 rings (SSSR count). The Bertz CT molecular complexity index is 660. The van der Waals surface area contributed by atoms with Gasteiger partial charge in [0.25, 0.3) is 0 Å². The first kappa shape index (κ1) is 16.1. The average Bonchev–Trinajstić information content (AvgIpc) is 2.92. The molecule has 0 bridgehead atoms. The van der Waals surface area contributed by atoms with Crippen molar-refractivity contribution in [2.24, 2.45) is 0 Å². The summed E-state index contributed by atoms with van der Waals surface area (Å²) in [5.41, 5.74) is -0.208. The van der Waals surface area contributed by atoms with E-state index in [9.17, 15) is 18.0 Å². The molecule has 6 nitrogen and oxygen atoms in total. The Hall–Kier alpha value is -2.23. The molecule has 1 aromatic heterocycles. The summed E-state index contributed by atoms with van der Waals surface area (Å²) in [6, 6.07) is 5.02. The van der Waals surface area contributed by atoms with Crippen LogP contribution in [-0.2, 0) is 16.7 Å². The second-order valence-electron chi connectivity index (χ2n) is 4.07. The zero-order chi connectivity index (χ0) is 16.2. The fraction of sp³-hybridized carbons (Fsp3) is 0.250. The van der Waals surface area contributed by atoms with Crippen LogP contribution in [0.5, 0.6) is 0 Å². The van der Waals surface area contributed by atoms with Gasteiger partial charge in [-0.2, -0.15) is 18.2 Å². The number of methoxy groups -OCH3 is 1. The second kappa shape index (κ2) is 6.69. The molecule has 0 saturated carbocycles. The van der Waals surface area contributed by atoms with Gasteiger partial charge in [0.2, 0.25) is 11.1 Å². The van der Waals surface area contributed by atoms with E-state index in [0.717, 1.165) is 23.9 Å². The van der Waals surface area contributed by atoms with E-state index < -0.39 is 17.8 Å². The van der Waals surface area contributed by atoms with Gasteiger partial charge in [0, 0.05) is 5.75 Å². The Labute approximate surface area is 127 Å². The van der Waals surface area contributed by atoms with E-state index in [2.05, 4.69) is 25.2 Å². The van der Waals surface area contributed by atoms with Gasteiger partial charge in [-0.1, -0.05) is 30.0 Å². The van der Waals surface area contributed by atoms with Gasteiger partial charge in [0.15, 0.2) is 0 Å². The second-order valence-corrected chi connectivity index (χ2v) is 5.01. The highest BCUT2D eigenvalue weighted by Crippen LogP contribution is 2.30. The third kappa shape index (κ3) is 4.38. The first-order chi connectivity index (χ1) is 10.4.